The van der Waals surface area contributed by atoms with E-state index < -0.39 is 0 Å². The monoisotopic (exact) mass is 287 g/mol. The zero-order chi connectivity index (χ0) is 14.9. The molecule has 0 aliphatic heterocycles. The highest BCUT2D eigenvalue weighted by Crippen LogP contribution is 2.17. The van der Waals surface area contributed by atoms with E-state index in [1.807, 2.05) is 30.5 Å². The molecule has 0 saturated carbocycles. The number of aliphatic hydroxyl groups is 1. The molecule has 1 aromatic carbocycles. The summed E-state index contributed by atoms with van der Waals surface area (Å²) >= 11 is 0. The molecular formula is C14H17N5O2. The van der Waals surface area contributed by atoms with Crippen molar-refractivity contribution >= 4 is 5.69 Å². The Morgan fingerprint density at radius 3 is 3.14 bits per heavy atom. The molecule has 1 heterocycles. The number of ether oxygens (including phenoxy) is 1. The normalized spacial score (nSPS) is 10.1. The molecule has 21 heavy (non-hydrogen) atoms. The van der Waals surface area contributed by atoms with Crippen LogP contribution in [-0.4, -0.2) is 33.3 Å². The number of aryl methyl sites for hydroxylation is 1. The van der Waals surface area contributed by atoms with E-state index >= 15 is 0 Å². The highest BCUT2D eigenvalue weighted by molar-refractivity contribution is 5.48. The molecule has 0 aliphatic rings. The van der Waals surface area contributed by atoms with Crippen LogP contribution >= 0.6 is 0 Å². The van der Waals surface area contributed by atoms with Gasteiger partial charge in [-0.25, -0.2) is 0 Å². The maximum absolute atomic E-state index is 8.77. The molecule has 1 aromatic heterocycles. The Labute approximate surface area is 122 Å². The minimum atomic E-state index is 0.0304. The highest BCUT2D eigenvalue weighted by atomic mass is 16.5. The van der Waals surface area contributed by atoms with Gasteiger partial charge >= 0.3 is 0 Å². The molecule has 2 N–H and O–H groups in total. The summed E-state index contributed by atoms with van der Waals surface area (Å²) in [5.41, 5.74) is 1.70. The lowest BCUT2D eigenvalue weighted by atomic mass is 10.3. The summed E-state index contributed by atoms with van der Waals surface area (Å²) in [6.07, 6.45) is 2.51. The van der Waals surface area contributed by atoms with Crippen molar-refractivity contribution in [1.82, 2.24) is 15.0 Å². The molecule has 0 fully saturated rings. The third-order valence-corrected chi connectivity index (χ3v) is 2.74. The van der Waals surface area contributed by atoms with Gasteiger partial charge in [0.25, 0.3) is 0 Å². The summed E-state index contributed by atoms with van der Waals surface area (Å²) in [5, 5.41) is 28.5. The van der Waals surface area contributed by atoms with Gasteiger partial charge in [-0.05, 0) is 18.6 Å². The SMILES string of the molecule is N#CCOc1cccc(NCc2cn(CCCO)nn2)c1. The van der Waals surface area contributed by atoms with E-state index in [9.17, 15) is 0 Å². The highest BCUT2D eigenvalue weighted by Gasteiger charge is 2.01. The van der Waals surface area contributed by atoms with Gasteiger partial charge in [-0.15, -0.1) is 5.10 Å². The van der Waals surface area contributed by atoms with E-state index in [1.54, 1.807) is 10.7 Å². The summed E-state index contributed by atoms with van der Waals surface area (Å²) < 4.78 is 6.95. The first-order valence-corrected chi connectivity index (χ1v) is 6.65. The molecule has 0 bridgehead atoms. The molecular weight excluding hydrogens is 270 g/mol. The summed E-state index contributed by atoms with van der Waals surface area (Å²) in [6.45, 7) is 1.37. The van der Waals surface area contributed by atoms with Crippen molar-refractivity contribution in [1.29, 1.82) is 5.26 Å². The summed E-state index contributed by atoms with van der Waals surface area (Å²) in [7, 11) is 0. The zero-order valence-electron chi connectivity index (χ0n) is 11.6. The summed E-state index contributed by atoms with van der Waals surface area (Å²) in [4.78, 5) is 0. The molecule has 0 amide bonds. The smallest absolute Gasteiger partial charge is 0.174 e. The lowest BCUT2D eigenvalue weighted by Crippen LogP contribution is -2.01. The van der Waals surface area contributed by atoms with Gasteiger partial charge < -0.3 is 15.2 Å². The molecule has 0 radical (unpaired) electrons. The van der Waals surface area contributed by atoms with Gasteiger partial charge in [0, 0.05) is 24.9 Å². The van der Waals surface area contributed by atoms with E-state index in [-0.39, 0.29) is 13.2 Å². The Morgan fingerprint density at radius 2 is 2.33 bits per heavy atom. The number of hydrogen-bond donors (Lipinski definition) is 2. The zero-order valence-corrected chi connectivity index (χ0v) is 11.6. The third-order valence-electron chi connectivity index (χ3n) is 2.74. The number of aliphatic hydroxyl groups excluding tert-OH is 1. The van der Waals surface area contributed by atoms with Crippen LogP contribution in [0.1, 0.15) is 12.1 Å². The van der Waals surface area contributed by atoms with Crippen LogP contribution in [-0.2, 0) is 13.1 Å². The van der Waals surface area contributed by atoms with Gasteiger partial charge in [-0.2, -0.15) is 5.26 Å². The van der Waals surface area contributed by atoms with Crippen molar-refractivity contribution in [3.8, 4) is 11.8 Å². The molecule has 0 unspecified atom stereocenters. The molecule has 2 aromatic rings. The first-order chi connectivity index (χ1) is 10.3. The van der Waals surface area contributed by atoms with Crippen molar-refractivity contribution in [2.24, 2.45) is 0 Å². The first kappa shape index (κ1) is 14.8. The van der Waals surface area contributed by atoms with Crippen LogP contribution in [0.25, 0.3) is 0 Å². The average Bonchev–Trinajstić information content (AvgIpc) is 2.97. The van der Waals surface area contributed by atoms with Crippen molar-refractivity contribution in [3.63, 3.8) is 0 Å². The molecule has 0 atom stereocenters. The van der Waals surface area contributed by atoms with E-state index in [2.05, 4.69) is 15.6 Å². The minimum absolute atomic E-state index is 0.0304. The van der Waals surface area contributed by atoms with Crippen LogP contribution in [0.4, 0.5) is 5.69 Å². The molecule has 0 saturated heterocycles. The van der Waals surface area contributed by atoms with Crippen LogP contribution < -0.4 is 10.1 Å². The molecule has 110 valence electrons. The second-order valence-electron chi connectivity index (χ2n) is 4.38. The second kappa shape index (κ2) is 7.87. The maximum atomic E-state index is 8.77. The Bertz CT molecular complexity index is 605. The standard InChI is InChI=1S/C14H17N5O2/c15-5-8-21-14-4-1-3-12(9-14)16-10-13-11-19(18-17-13)6-2-7-20/h1,3-4,9,11,16,20H,2,6-8,10H2. The summed E-state index contributed by atoms with van der Waals surface area (Å²) in [6, 6.07) is 9.32. The predicted octanol–water partition coefficient (Wildman–Crippen LogP) is 1.17. The molecule has 0 spiro atoms. The number of aromatic nitrogens is 3. The number of hydrogen-bond acceptors (Lipinski definition) is 6. The Balaban J connectivity index is 1.87. The van der Waals surface area contributed by atoms with Gasteiger partial charge in [-0.3, -0.25) is 4.68 Å². The fourth-order valence-electron chi connectivity index (χ4n) is 1.77. The van der Waals surface area contributed by atoms with E-state index in [1.165, 1.54) is 0 Å². The molecule has 7 nitrogen and oxygen atoms in total. The number of rotatable bonds is 8. The fourth-order valence-corrected chi connectivity index (χ4v) is 1.77. The predicted molar refractivity (Wildman–Crippen MR) is 76.6 cm³/mol. The molecule has 7 heteroatoms. The average molecular weight is 287 g/mol. The number of nitrogens with one attached hydrogen (secondary N) is 1. The molecule has 0 aliphatic carbocycles. The number of benzene rings is 1. The topological polar surface area (TPSA) is 96.0 Å². The van der Waals surface area contributed by atoms with Crippen LogP contribution in [0.2, 0.25) is 0 Å². The third kappa shape index (κ3) is 4.78. The largest absolute Gasteiger partial charge is 0.479 e. The van der Waals surface area contributed by atoms with Crippen molar-refractivity contribution in [2.75, 3.05) is 18.5 Å². The van der Waals surface area contributed by atoms with Gasteiger partial charge in [0.1, 0.15) is 17.5 Å². The van der Waals surface area contributed by atoms with Crippen LogP contribution in [0.5, 0.6) is 5.75 Å². The minimum Gasteiger partial charge on any atom is -0.479 e. The van der Waals surface area contributed by atoms with Gasteiger partial charge in [0.05, 0.1) is 12.7 Å². The van der Waals surface area contributed by atoms with Crippen molar-refractivity contribution in [2.45, 2.75) is 19.5 Å². The number of nitriles is 1. The van der Waals surface area contributed by atoms with Crippen LogP contribution in [0, 0.1) is 11.3 Å². The fraction of sp³-hybridized carbons (Fsp3) is 0.357. The van der Waals surface area contributed by atoms with Crippen molar-refractivity contribution in [3.05, 3.63) is 36.2 Å². The number of nitrogens with zero attached hydrogens (tertiary/aromatic N) is 4. The maximum Gasteiger partial charge on any atom is 0.174 e. The van der Waals surface area contributed by atoms with Crippen molar-refractivity contribution < 1.29 is 9.84 Å². The second-order valence-corrected chi connectivity index (χ2v) is 4.38. The van der Waals surface area contributed by atoms with Crippen LogP contribution in [0.3, 0.4) is 0 Å². The molecule has 2 rings (SSSR count). The summed E-state index contributed by atoms with van der Waals surface area (Å²) in [5.74, 6) is 0.646. The first-order valence-electron chi connectivity index (χ1n) is 6.65. The van der Waals surface area contributed by atoms with Crippen LogP contribution in [0.15, 0.2) is 30.5 Å². The Hall–Kier alpha value is -2.59. The van der Waals surface area contributed by atoms with Gasteiger partial charge in [-0.1, -0.05) is 11.3 Å². The van der Waals surface area contributed by atoms with E-state index in [4.69, 9.17) is 15.1 Å². The van der Waals surface area contributed by atoms with E-state index in [0.29, 0.717) is 25.3 Å². The number of anilines is 1. The van der Waals surface area contributed by atoms with Gasteiger partial charge in [0.2, 0.25) is 0 Å². The Kier molecular flexibility index (Phi) is 5.55. The van der Waals surface area contributed by atoms with E-state index in [0.717, 1.165) is 11.4 Å². The quantitative estimate of drug-likeness (QED) is 0.756. The van der Waals surface area contributed by atoms with Gasteiger partial charge in [0.15, 0.2) is 6.61 Å². The Morgan fingerprint density at radius 1 is 1.43 bits per heavy atom. The lowest BCUT2D eigenvalue weighted by molar-refractivity contribution is 0.276. The lowest BCUT2D eigenvalue weighted by Gasteiger charge is -2.06.